The van der Waals surface area contributed by atoms with E-state index in [0.717, 1.165) is 5.56 Å². The molecule has 0 unspecified atom stereocenters. The van der Waals surface area contributed by atoms with Crippen LogP contribution in [0.1, 0.15) is 12.5 Å². The van der Waals surface area contributed by atoms with Gasteiger partial charge in [-0.15, -0.1) is 0 Å². The van der Waals surface area contributed by atoms with E-state index in [9.17, 15) is 8.42 Å². The zero-order valence-corrected chi connectivity index (χ0v) is 12.0. The first-order valence-electron chi connectivity index (χ1n) is 5.97. The Bertz CT molecular complexity index is 502. The summed E-state index contributed by atoms with van der Waals surface area (Å²) < 4.78 is 32.2. The van der Waals surface area contributed by atoms with Gasteiger partial charge < -0.3 is 14.8 Å². The van der Waals surface area contributed by atoms with Crippen molar-refractivity contribution in [3.05, 3.63) is 23.8 Å². The fourth-order valence-electron chi connectivity index (χ4n) is 1.54. The standard InChI is InChI=1S/C12H20N2O4S/c1-3-18-11-5-4-10(8-12(11)17-2)9-14-6-7-19(13,15)16/h4-5,8,14H,3,6-7,9H2,1-2H3,(H2,13,15,16). The summed E-state index contributed by atoms with van der Waals surface area (Å²) in [6, 6.07) is 5.59. The second-order valence-corrected chi connectivity index (χ2v) is 5.70. The minimum absolute atomic E-state index is 0.0822. The molecule has 108 valence electrons. The maximum Gasteiger partial charge on any atom is 0.210 e. The van der Waals surface area contributed by atoms with Gasteiger partial charge in [0.2, 0.25) is 10.0 Å². The normalized spacial score (nSPS) is 11.3. The van der Waals surface area contributed by atoms with E-state index in [1.807, 2.05) is 25.1 Å². The predicted molar refractivity (Wildman–Crippen MR) is 73.8 cm³/mol. The average molecular weight is 288 g/mol. The van der Waals surface area contributed by atoms with Crippen LogP contribution in [0, 0.1) is 0 Å². The van der Waals surface area contributed by atoms with E-state index in [1.165, 1.54) is 0 Å². The molecular weight excluding hydrogens is 268 g/mol. The van der Waals surface area contributed by atoms with Gasteiger partial charge in [0.15, 0.2) is 11.5 Å². The lowest BCUT2D eigenvalue weighted by molar-refractivity contribution is 0.310. The molecule has 1 rings (SSSR count). The third kappa shape index (κ3) is 5.91. The Morgan fingerprint density at radius 1 is 1.32 bits per heavy atom. The van der Waals surface area contributed by atoms with Crippen LogP contribution in [-0.2, 0) is 16.6 Å². The van der Waals surface area contributed by atoms with Crippen molar-refractivity contribution in [3.63, 3.8) is 0 Å². The zero-order valence-electron chi connectivity index (χ0n) is 11.2. The van der Waals surface area contributed by atoms with Crippen LogP contribution in [0.25, 0.3) is 0 Å². The van der Waals surface area contributed by atoms with Crippen LogP contribution in [0.2, 0.25) is 0 Å². The average Bonchev–Trinajstić information content (AvgIpc) is 2.35. The summed E-state index contributed by atoms with van der Waals surface area (Å²) >= 11 is 0. The van der Waals surface area contributed by atoms with Gasteiger partial charge in [-0.3, -0.25) is 0 Å². The molecule has 0 aliphatic heterocycles. The molecule has 0 aliphatic carbocycles. The Hall–Kier alpha value is -1.31. The number of rotatable bonds is 8. The van der Waals surface area contributed by atoms with Crippen LogP contribution in [0.15, 0.2) is 18.2 Å². The third-order valence-corrected chi connectivity index (χ3v) is 3.19. The Balaban J connectivity index is 2.55. The molecule has 0 spiro atoms. The van der Waals surface area contributed by atoms with Crippen LogP contribution in [0.5, 0.6) is 11.5 Å². The van der Waals surface area contributed by atoms with Gasteiger partial charge in [-0.25, -0.2) is 13.6 Å². The topological polar surface area (TPSA) is 90.6 Å². The van der Waals surface area contributed by atoms with Gasteiger partial charge in [0.1, 0.15) is 0 Å². The van der Waals surface area contributed by atoms with Gasteiger partial charge in [-0.05, 0) is 24.6 Å². The molecule has 0 aliphatic rings. The zero-order chi connectivity index (χ0) is 14.3. The molecule has 0 heterocycles. The van der Waals surface area contributed by atoms with E-state index in [0.29, 0.717) is 31.2 Å². The monoisotopic (exact) mass is 288 g/mol. The number of sulfonamides is 1. The lowest BCUT2D eigenvalue weighted by Gasteiger charge is -2.11. The van der Waals surface area contributed by atoms with Crippen molar-refractivity contribution in [2.24, 2.45) is 5.14 Å². The second kappa shape index (κ2) is 7.32. The number of methoxy groups -OCH3 is 1. The van der Waals surface area contributed by atoms with Gasteiger partial charge in [0.05, 0.1) is 19.5 Å². The van der Waals surface area contributed by atoms with Gasteiger partial charge in [0, 0.05) is 13.1 Å². The second-order valence-electron chi connectivity index (χ2n) is 3.96. The molecule has 0 atom stereocenters. The fourth-order valence-corrected chi connectivity index (χ4v) is 1.97. The fraction of sp³-hybridized carbons (Fsp3) is 0.500. The Kier molecular flexibility index (Phi) is 6.07. The van der Waals surface area contributed by atoms with Gasteiger partial charge in [-0.1, -0.05) is 6.07 Å². The summed E-state index contributed by atoms with van der Waals surface area (Å²) in [7, 11) is -1.83. The highest BCUT2D eigenvalue weighted by Crippen LogP contribution is 2.27. The van der Waals surface area contributed by atoms with Crippen molar-refractivity contribution in [2.75, 3.05) is 26.0 Å². The summed E-state index contributed by atoms with van der Waals surface area (Å²) in [6.07, 6.45) is 0. The molecule has 19 heavy (non-hydrogen) atoms. The summed E-state index contributed by atoms with van der Waals surface area (Å²) in [4.78, 5) is 0. The first kappa shape index (κ1) is 15.7. The largest absolute Gasteiger partial charge is 0.493 e. The molecule has 1 aromatic rings. The lowest BCUT2D eigenvalue weighted by Crippen LogP contribution is -2.26. The van der Waals surface area contributed by atoms with Gasteiger partial charge in [-0.2, -0.15) is 0 Å². The van der Waals surface area contributed by atoms with E-state index in [1.54, 1.807) is 7.11 Å². The van der Waals surface area contributed by atoms with E-state index in [4.69, 9.17) is 14.6 Å². The molecule has 0 fully saturated rings. The lowest BCUT2D eigenvalue weighted by atomic mass is 10.2. The molecule has 0 saturated carbocycles. The number of nitrogens with two attached hydrogens (primary N) is 1. The molecule has 1 aromatic carbocycles. The first-order chi connectivity index (χ1) is 8.96. The minimum atomic E-state index is -3.41. The maximum atomic E-state index is 10.8. The number of ether oxygens (including phenoxy) is 2. The van der Waals surface area contributed by atoms with Crippen molar-refractivity contribution >= 4 is 10.0 Å². The van der Waals surface area contributed by atoms with E-state index < -0.39 is 10.0 Å². The van der Waals surface area contributed by atoms with Gasteiger partial charge in [0.25, 0.3) is 0 Å². The van der Waals surface area contributed by atoms with E-state index in [2.05, 4.69) is 5.32 Å². The van der Waals surface area contributed by atoms with E-state index in [-0.39, 0.29) is 5.75 Å². The van der Waals surface area contributed by atoms with Crippen LogP contribution in [0.3, 0.4) is 0 Å². The Labute approximate surface area is 113 Å². The number of nitrogens with one attached hydrogen (secondary N) is 1. The van der Waals surface area contributed by atoms with Crippen molar-refractivity contribution in [1.29, 1.82) is 0 Å². The summed E-state index contributed by atoms with van der Waals surface area (Å²) in [5, 5.41) is 7.91. The molecule has 7 heteroatoms. The minimum Gasteiger partial charge on any atom is -0.493 e. The van der Waals surface area contributed by atoms with Crippen LogP contribution in [-0.4, -0.2) is 34.4 Å². The van der Waals surface area contributed by atoms with Crippen LogP contribution >= 0.6 is 0 Å². The SMILES string of the molecule is CCOc1ccc(CNCCS(N)(=O)=O)cc1OC. The molecule has 3 N–H and O–H groups in total. The highest BCUT2D eigenvalue weighted by Gasteiger charge is 2.06. The van der Waals surface area contributed by atoms with Crippen molar-refractivity contribution in [3.8, 4) is 11.5 Å². The quantitative estimate of drug-likeness (QED) is 0.679. The highest BCUT2D eigenvalue weighted by atomic mass is 32.2. The molecular formula is C12H20N2O4S. The third-order valence-electron chi connectivity index (χ3n) is 2.42. The number of hydrogen-bond donors (Lipinski definition) is 2. The Morgan fingerprint density at radius 3 is 2.63 bits per heavy atom. The smallest absolute Gasteiger partial charge is 0.210 e. The molecule has 0 bridgehead atoms. The molecule has 0 aromatic heterocycles. The molecule has 0 radical (unpaired) electrons. The summed E-state index contributed by atoms with van der Waals surface area (Å²) in [5.41, 5.74) is 0.981. The van der Waals surface area contributed by atoms with Crippen molar-refractivity contribution in [1.82, 2.24) is 5.32 Å². The van der Waals surface area contributed by atoms with Crippen LogP contribution in [0.4, 0.5) is 0 Å². The number of primary sulfonamides is 1. The highest BCUT2D eigenvalue weighted by molar-refractivity contribution is 7.89. The predicted octanol–water partition coefficient (Wildman–Crippen LogP) is 0.472. The van der Waals surface area contributed by atoms with Crippen LogP contribution < -0.4 is 19.9 Å². The molecule has 0 saturated heterocycles. The van der Waals surface area contributed by atoms with Crippen molar-refractivity contribution < 1.29 is 17.9 Å². The summed E-state index contributed by atoms with van der Waals surface area (Å²) in [5.74, 6) is 1.27. The maximum absolute atomic E-state index is 10.8. The summed E-state index contributed by atoms with van der Waals surface area (Å²) in [6.45, 7) is 3.33. The van der Waals surface area contributed by atoms with Crippen molar-refractivity contribution in [2.45, 2.75) is 13.5 Å². The first-order valence-corrected chi connectivity index (χ1v) is 7.68. The Morgan fingerprint density at radius 2 is 2.05 bits per heavy atom. The number of benzene rings is 1. The molecule has 6 nitrogen and oxygen atoms in total. The van der Waals surface area contributed by atoms with E-state index >= 15 is 0 Å². The molecule has 0 amide bonds. The van der Waals surface area contributed by atoms with Gasteiger partial charge >= 0.3 is 0 Å². The number of hydrogen-bond acceptors (Lipinski definition) is 5.